The topological polar surface area (TPSA) is 58.5 Å². The summed E-state index contributed by atoms with van der Waals surface area (Å²) < 4.78 is 23.7. The van der Waals surface area contributed by atoms with Crippen LogP contribution < -0.4 is 4.83 Å². The van der Waals surface area contributed by atoms with E-state index in [1.807, 2.05) is 31.2 Å². The second-order valence-electron chi connectivity index (χ2n) is 4.08. The molecule has 0 amide bonds. The van der Waals surface area contributed by atoms with Gasteiger partial charge in [0.2, 0.25) is 0 Å². The van der Waals surface area contributed by atoms with E-state index in [1.54, 1.807) is 18.2 Å². The van der Waals surface area contributed by atoms with Gasteiger partial charge in [-0.25, -0.2) is 4.83 Å². The van der Waals surface area contributed by atoms with E-state index in [-0.39, 0.29) is 4.90 Å². The highest BCUT2D eigenvalue weighted by atomic mass is 32.2. The lowest BCUT2D eigenvalue weighted by atomic mass is 10.2. The summed E-state index contributed by atoms with van der Waals surface area (Å²) in [7, 11) is -3.59. The number of rotatable bonds is 4. The van der Waals surface area contributed by atoms with Crippen molar-refractivity contribution in [1.82, 2.24) is 4.83 Å². The number of hydrazone groups is 1. The largest absolute Gasteiger partial charge is 0.276 e. The summed E-state index contributed by atoms with van der Waals surface area (Å²) in [6.45, 7) is 1.99. The summed E-state index contributed by atoms with van der Waals surface area (Å²) >= 11 is 0. The van der Waals surface area contributed by atoms with Crippen LogP contribution in [0.3, 0.4) is 0 Å². The van der Waals surface area contributed by atoms with E-state index < -0.39 is 10.0 Å². The van der Waals surface area contributed by atoms with E-state index >= 15 is 0 Å². The van der Waals surface area contributed by atoms with Crippen molar-refractivity contribution in [3.63, 3.8) is 0 Å². The van der Waals surface area contributed by atoms with Gasteiger partial charge in [-0.05, 0) is 24.6 Å². The highest BCUT2D eigenvalue weighted by Gasteiger charge is 2.10. The molecule has 0 spiro atoms. The minimum Gasteiger partial charge on any atom is -0.200 e. The van der Waals surface area contributed by atoms with Gasteiger partial charge >= 0.3 is 0 Å². The average Bonchev–Trinajstić information content (AvgIpc) is 2.42. The molecule has 0 aromatic heterocycles. The van der Waals surface area contributed by atoms with Gasteiger partial charge in [-0.1, -0.05) is 48.0 Å². The highest BCUT2D eigenvalue weighted by Crippen LogP contribution is 2.06. The van der Waals surface area contributed by atoms with Crippen molar-refractivity contribution in [2.24, 2.45) is 5.10 Å². The Balaban J connectivity index is 2.08. The Morgan fingerprint density at radius 1 is 1.00 bits per heavy atom. The van der Waals surface area contributed by atoms with E-state index in [2.05, 4.69) is 9.93 Å². The first-order valence-corrected chi connectivity index (χ1v) is 7.23. The zero-order valence-corrected chi connectivity index (χ0v) is 11.3. The Bertz CT molecular complexity index is 662. The molecule has 0 heterocycles. The number of hydrogen-bond acceptors (Lipinski definition) is 3. The second kappa shape index (κ2) is 5.67. The van der Waals surface area contributed by atoms with E-state index in [4.69, 9.17) is 0 Å². The molecule has 0 radical (unpaired) electrons. The van der Waals surface area contributed by atoms with Crippen molar-refractivity contribution < 1.29 is 8.42 Å². The minimum atomic E-state index is -3.59. The van der Waals surface area contributed by atoms with Gasteiger partial charge in [-0.2, -0.15) is 13.5 Å². The Labute approximate surface area is 112 Å². The fourth-order valence-electron chi connectivity index (χ4n) is 1.48. The molecule has 1 N–H and O–H groups in total. The van der Waals surface area contributed by atoms with Gasteiger partial charge in [-0.3, -0.25) is 0 Å². The number of sulfonamides is 1. The molecule has 2 rings (SSSR count). The lowest BCUT2D eigenvalue weighted by Crippen LogP contribution is -2.18. The van der Waals surface area contributed by atoms with E-state index in [1.165, 1.54) is 18.3 Å². The van der Waals surface area contributed by atoms with Gasteiger partial charge in [0.1, 0.15) is 0 Å². The quantitative estimate of drug-likeness (QED) is 0.687. The van der Waals surface area contributed by atoms with Crippen molar-refractivity contribution in [1.29, 1.82) is 0 Å². The van der Waals surface area contributed by atoms with Crippen molar-refractivity contribution in [2.75, 3.05) is 0 Å². The zero-order chi connectivity index (χ0) is 13.7. The maximum Gasteiger partial charge on any atom is 0.276 e. The van der Waals surface area contributed by atoms with Crippen LogP contribution in [0.2, 0.25) is 0 Å². The fraction of sp³-hybridized carbons (Fsp3) is 0.0714. The van der Waals surface area contributed by atoms with Gasteiger partial charge in [0.05, 0.1) is 11.1 Å². The second-order valence-corrected chi connectivity index (χ2v) is 5.74. The zero-order valence-electron chi connectivity index (χ0n) is 10.4. The molecule has 5 heteroatoms. The predicted octanol–water partition coefficient (Wildman–Crippen LogP) is 2.31. The van der Waals surface area contributed by atoms with Crippen LogP contribution in [0.4, 0.5) is 0 Å². The van der Waals surface area contributed by atoms with E-state index in [0.717, 1.165) is 11.1 Å². The number of hydrogen-bond donors (Lipinski definition) is 1. The normalized spacial score (nSPS) is 11.6. The maximum atomic E-state index is 11.9. The van der Waals surface area contributed by atoms with Crippen LogP contribution in [-0.2, 0) is 10.0 Å². The van der Waals surface area contributed by atoms with Gasteiger partial charge in [0.15, 0.2) is 0 Å². The van der Waals surface area contributed by atoms with Crippen molar-refractivity contribution in [3.8, 4) is 0 Å². The molecule has 2 aromatic carbocycles. The van der Waals surface area contributed by atoms with Crippen LogP contribution in [0.5, 0.6) is 0 Å². The number of aryl methyl sites for hydroxylation is 1. The van der Waals surface area contributed by atoms with Crippen LogP contribution in [0.15, 0.2) is 64.6 Å². The minimum absolute atomic E-state index is 0.191. The van der Waals surface area contributed by atoms with Crippen molar-refractivity contribution >= 4 is 16.2 Å². The molecule has 19 heavy (non-hydrogen) atoms. The molecule has 98 valence electrons. The van der Waals surface area contributed by atoms with Gasteiger partial charge in [0.25, 0.3) is 10.0 Å². The third-order valence-corrected chi connectivity index (χ3v) is 3.76. The molecular weight excluding hydrogens is 260 g/mol. The molecule has 0 aliphatic heterocycles. The summed E-state index contributed by atoms with van der Waals surface area (Å²) in [5.74, 6) is 0. The van der Waals surface area contributed by atoms with Gasteiger partial charge < -0.3 is 0 Å². The molecular formula is C14H14N2O2S. The van der Waals surface area contributed by atoms with E-state index in [9.17, 15) is 8.42 Å². The number of benzene rings is 2. The summed E-state index contributed by atoms with van der Waals surface area (Å²) in [6, 6.07) is 15.7. The van der Waals surface area contributed by atoms with Gasteiger partial charge in [-0.15, -0.1) is 0 Å². The number of nitrogens with zero attached hydrogens (tertiary/aromatic N) is 1. The molecule has 0 unspecified atom stereocenters. The first kappa shape index (κ1) is 13.3. The molecule has 0 atom stereocenters. The molecule has 0 saturated carbocycles. The van der Waals surface area contributed by atoms with Gasteiger partial charge in [0, 0.05) is 0 Å². The monoisotopic (exact) mass is 274 g/mol. The lowest BCUT2D eigenvalue weighted by molar-refractivity contribution is 0.584. The van der Waals surface area contributed by atoms with Crippen LogP contribution >= 0.6 is 0 Å². The average molecular weight is 274 g/mol. The Hall–Kier alpha value is -2.14. The van der Waals surface area contributed by atoms with Crippen LogP contribution in [0.25, 0.3) is 0 Å². The molecule has 0 fully saturated rings. The predicted molar refractivity (Wildman–Crippen MR) is 75.5 cm³/mol. The standard InChI is InChI=1S/C14H14N2O2S/c1-12-7-9-13(10-8-12)11-15-16-19(17,18)14-5-3-2-4-6-14/h2-11,16H,1H3. The Kier molecular flexibility index (Phi) is 3.97. The number of nitrogens with one attached hydrogen (secondary N) is 1. The maximum absolute atomic E-state index is 11.9. The smallest absolute Gasteiger partial charge is 0.200 e. The summed E-state index contributed by atoms with van der Waals surface area (Å²) in [4.78, 5) is 2.37. The third-order valence-electron chi connectivity index (χ3n) is 2.52. The third kappa shape index (κ3) is 3.66. The lowest BCUT2D eigenvalue weighted by Gasteiger charge is -2.02. The van der Waals surface area contributed by atoms with E-state index in [0.29, 0.717) is 0 Å². The van der Waals surface area contributed by atoms with Crippen LogP contribution in [0.1, 0.15) is 11.1 Å². The first-order chi connectivity index (χ1) is 9.08. The molecule has 2 aromatic rings. The summed E-state index contributed by atoms with van der Waals surface area (Å²) in [5, 5.41) is 3.76. The summed E-state index contributed by atoms with van der Waals surface area (Å²) in [5.41, 5.74) is 1.98. The molecule has 0 aliphatic carbocycles. The molecule has 0 bridgehead atoms. The van der Waals surface area contributed by atoms with Crippen molar-refractivity contribution in [3.05, 3.63) is 65.7 Å². The molecule has 0 aliphatic rings. The summed E-state index contributed by atoms with van der Waals surface area (Å²) in [6.07, 6.45) is 1.47. The van der Waals surface area contributed by atoms with Crippen molar-refractivity contribution in [2.45, 2.75) is 11.8 Å². The van der Waals surface area contributed by atoms with Crippen LogP contribution in [0, 0.1) is 6.92 Å². The fourth-order valence-corrected chi connectivity index (χ4v) is 2.29. The SMILES string of the molecule is Cc1ccc(C=NNS(=O)(=O)c2ccccc2)cc1. The highest BCUT2D eigenvalue weighted by molar-refractivity contribution is 7.89. The Morgan fingerprint density at radius 3 is 2.26 bits per heavy atom. The molecule has 0 saturated heterocycles. The van der Waals surface area contributed by atoms with Crippen LogP contribution in [-0.4, -0.2) is 14.6 Å². The molecule has 4 nitrogen and oxygen atoms in total. The first-order valence-electron chi connectivity index (χ1n) is 5.74. The Morgan fingerprint density at radius 2 is 1.63 bits per heavy atom.